The van der Waals surface area contributed by atoms with Crippen molar-refractivity contribution in [2.75, 3.05) is 13.2 Å². The van der Waals surface area contributed by atoms with E-state index in [0.29, 0.717) is 13.0 Å². The normalized spacial score (nSPS) is 11.6. The molecular formula is C10H16N2O3S. The van der Waals surface area contributed by atoms with E-state index in [1.54, 1.807) is 18.2 Å². The number of hydrogen-bond acceptors (Lipinski definition) is 4. The minimum absolute atomic E-state index is 0.0363. The fourth-order valence-corrected chi connectivity index (χ4v) is 2.35. The summed E-state index contributed by atoms with van der Waals surface area (Å²) in [7, 11) is -3.48. The first kappa shape index (κ1) is 13.1. The summed E-state index contributed by atoms with van der Waals surface area (Å²) >= 11 is 0. The summed E-state index contributed by atoms with van der Waals surface area (Å²) in [6.07, 6.45) is 0.399. The van der Waals surface area contributed by atoms with Gasteiger partial charge in [-0.3, -0.25) is 0 Å². The zero-order valence-corrected chi connectivity index (χ0v) is 9.70. The van der Waals surface area contributed by atoms with Crippen molar-refractivity contribution in [2.45, 2.75) is 17.9 Å². The third-order valence-corrected chi connectivity index (χ3v) is 3.53. The Labute approximate surface area is 95.3 Å². The SMILES string of the molecule is NCc1cccc(S(=O)(=O)NCCCO)c1. The monoisotopic (exact) mass is 244 g/mol. The summed E-state index contributed by atoms with van der Waals surface area (Å²) in [5.41, 5.74) is 6.20. The number of hydrogen-bond donors (Lipinski definition) is 3. The summed E-state index contributed by atoms with van der Waals surface area (Å²) in [6, 6.07) is 6.48. The summed E-state index contributed by atoms with van der Waals surface area (Å²) in [5, 5.41) is 8.56. The molecule has 0 saturated heterocycles. The maximum absolute atomic E-state index is 11.7. The molecule has 1 aromatic rings. The second-order valence-corrected chi connectivity index (χ2v) is 5.09. The Balaban J connectivity index is 2.81. The van der Waals surface area contributed by atoms with Crippen molar-refractivity contribution < 1.29 is 13.5 Å². The van der Waals surface area contributed by atoms with Gasteiger partial charge >= 0.3 is 0 Å². The molecule has 4 N–H and O–H groups in total. The molecule has 5 nitrogen and oxygen atoms in total. The van der Waals surface area contributed by atoms with Crippen molar-refractivity contribution >= 4 is 10.0 Å². The van der Waals surface area contributed by atoms with E-state index in [-0.39, 0.29) is 18.0 Å². The number of rotatable bonds is 6. The highest BCUT2D eigenvalue weighted by atomic mass is 32.2. The molecule has 0 aliphatic heterocycles. The van der Waals surface area contributed by atoms with Crippen molar-refractivity contribution in [3.63, 3.8) is 0 Å². The number of nitrogens with one attached hydrogen (secondary N) is 1. The third-order valence-electron chi connectivity index (χ3n) is 2.07. The van der Waals surface area contributed by atoms with E-state index in [9.17, 15) is 8.42 Å². The van der Waals surface area contributed by atoms with Gasteiger partial charge in [0.15, 0.2) is 0 Å². The van der Waals surface area contributed by atoms with Gasteiger partial charge in [-0.25, -0.2) is 13.1 Å². The van der Waals surface area contributed by atoms with E-state index in [1.807, 2.05) is 0 Å². The molecule has 0 atom stereocenters. The number of nitrogens with two attached hydrogens (primary N) is 1. The average molecular weight is 244 g/mol. The van der Waals surface area contributed by atoms with E-state index < -0.39 is 10.0 Å². The lowest BCUT2D eigenvalue weighted by Crippen LogP contribution is -2.25. The van der Waals surface area contributed by atoms with Crippen molar-refractivity contribution in [1.82, 2.24) is 4.72 Å². The van der Waals surface area contributed by atoms with Gasteiger partial charge in [0, 0.05) is 19.7 Å². The summed E-state index contributed by atoms with van der Waals surface area (Å²) < 4.78 is 25.9. The highest BCUT2D eigenvalue weighted by Crippen LogP contribution is 2.10. The van der Waals surface area contributed by atoms with Crippen LogP contribution in [0.5, 0.6) is 0 Å². The second-order valence-electron chi connectivity index (χ2n) is 3.33. The Hall–Kier alpha value is -0.950. The van der Waals surface area contributed by atoms with Crippen LogP contribution >= 0.6 is 0 Å². The van der Waals surface area contributed by atoms with Crippen LogP contribution in [0.25, 0.3) is 0 Å². The first-order valence-electron chi connectivity index (χ1n) is 4.99. The van der Waals surface area contributed by atoms with Crippen molar-refractivity contribution in [3.05, 3.63) is 29.8 Å². The second kappa shape index (κ2) is 5.95. The minimum Gasteiger partial charge on any atom is -0.396 e. The van der Waals surface area contributed by atoms with Crippen molar-refractivity contribution in [1.29, 1.82) is 0 Å². The predicted molar refractivity (Wildman–Crippen MR) is 61.2 cm³/mol. The van der Waals surface area contributed by atoms with Crippen LogP contribution in [-0.2, 0) is 16.6 Å². The van der Waals surface area contributed by atoms with Gasteiger partial charge < -0.3 is 10.8 Å². The molecule has 16 heavy (non-hydrogen) atoms. The van der Waals surface area contributed by atoms with Gasteiger partial charge in [0.1, 0.15) is 0 Å². The summed E-state index contributed by atoms with van der Waals surface area (Å²) in [4.78, 5) is 0.202. The highest BCUT2D eigenvalue weighted by molar-refractivity contribution is 7.89. The number of benzene rings is 1. The Kier molecular flexibility index (Phi) is 4.88. The molecule has 0 fully saturated rings. The van der Waals surface area contributed by atoms with Gasteiger partial charge in [-0.15, -0.1) is 0 Å². The maximum atomic E-state index is 11.7. The molecule has 6 heteroatoms. The van der Waals surface area contributed by atoms with Crippen LogP contribution in [-0.4, -0.2) is 26.7 Å². The molecule has 90 valence electrons. The van der Waals surface area contributed by atoms with Crippen LogP contribution < -0.4 is 10.5 Å². The smallest absolute Gasteiger partial charge is 0.240 e. The molecule has 0 radical (unpaired) electrons. The van der Waals surface area contributed by atoms with Gasteiger partial charge in [0.05, 0.1) is 4.90 Å². The van der Waals surface area contributed by atoms with Crippen LogP contribution in [0.3, 0.4) is 0 Å². The van der Waals surface area contributed by atoms with Gasteiger partial charge in [0.25, 0.3) is 0 Å². The fourth-order valence-electron chi connectivity index (χ4n) is 1.21. The molecule has 0 spiro atoms. The topological polar surface area (TPSA) is 92.4 Å². The van der Waals surface area contributed by atoms with Crippen molar-refractivity contribution in [2.24, 2.45) is 5.73 Å². The van der Waals surface area contributed by atoms with E-state index in [0.717, 1.165) is 5.56 Å². The number of aliphatic hydroxyl groups is 1. The van der Waals surface area contributed by atoms with Crippen LogP contribution in [0, 0.1) is 0 Å². The molecule has 0 bridgehead atoms. The molecular weight excluding hydrogens is 228 g/mol. The van der Waals surface area contributed by atoms with E-state index in [4.69, 9.17) is 10.8 Å². The molecule has 0 saturated carbocycles. The fraction of sp³-hybridized carbons (Fsp3) is 0.400. The largest absolute Gasteiger partial charge is 0.396 e. The van der Waals surface area contributed by atoms with Gasteiger partial charge in [-0.1, -0.05) is 12.1 Å². The first-order valence-corrected chi connectivity index (χ1v) is 6.48. The first-order chi connectivity index (χ1) is 7.60. The highest BCUT2D eigenvalue weighted by Gasteiger charge is 2.12. The van der Waals surface area contributed by atoms with Crippen LogP contribution in [0.4, 0.5) is 0 Å². The van der Waals surface area contributed by atoms with Crippen LogP contribution in [0.15, 0.2) is 29.2 Å². The van der Waals surface area contributed by atoms with Gasteiger partial charge in [0.2, 0.25) is 10.0 Å². The third kappa shape index (κ3) is 3.57. The molecule has 0 unspecified atom stereocenters. The molecule has 0 aromatic heterocycles. The predicted octanol–water partition coefficient (Wildman–Crippen LogP) is -0.194. The Bertz CT molecular complexity index is 431. The number of aliphatic hydroxyl groups excluding tert-OH is 1. The molecule has 0 amide bonds. The van der Waals surface area contributed by atoms with E-state index in [1.165, 1.54) is 6.07 Å². The lowest BCUT2D eigenvalue weighted by atomic mass is 10.2. The molecule has 1 aromatic carbocycles. The summed E-state index contributed by atoms with van der Waals surface area (Å²) in [5.74, 6) is 0. The van der Waals surface area contributed by atoms with Crippen LogP contribution in [0.2, 0.25) is 0 Å². The molecule has 0 heterocycles. The lowest BCUT2D eigenvalue weighted by molar-refractivity contribution is 0.289. The minimum atomic E-state index is -3.48. The zero-order chi connectivity index (χ0) is 12.0. The van der Waals surface area contributed by atoms with Gasteiger partial charge in [-0.05, 0) is 24.1 Å². The summed E-state index contributed by atoms with van der Waals surface area (Å²) in [6.45, 7) is 0.497. The van der Waals surface area contributed by atoms with E-state index in [2.05, 4.69) is 4.72 Å². The Morgan fingerprint density at radius 2 is 2.12 bits per heavy atom. The Morgan fingerprint density at radius 3 is 2.75 bits per heavy atom. The average Bonchev–Trinajstić information content (AvgIpc) is 2.29. The number of sulfonamides is 1. The molecule has 0 aliphatic rings. The van der Waals surface area contributed by atoms with E-state index >= 15 is 0 Å². The van der Waals surface area contributed by atoms with Gasteiger partial charge in [-0.2, -0.15) is 0 Å². The lowest BCUT2D eigenvalue weighted by Gasteiger charge is -2.06. The van der Waals surface area contributed by atoms with Crippen LogP contribution in [0.1, 0.15) is 12.0 Å². The standard InChI is InChI=1S/C10H16N2O3S/c11-8-9-3-1-4-10(7-9)16(14,15)12-5-2-6-13/h1,3-4,7,12-13H,2,5-6,8,11H2. The Morgan fingerprint density at radius 1 is 1.38 bits per heavy atom. The zero-order valence-electron chi connectivity index (χ0n) is 8.89. The molecule has 1 rings (SSSR count). The molecule has 0 aliphatic carbocycles. The quantitative estimate of drug-likeness (QED) is 0.605. The van der Waals surface area contributed by atoms with Crippen molar-refractivity contribution in [3.8, 4) is 0 Å². The maximum Gasteiger partial charge on any atom is 0.240 e.